The topological polar surface area (TPSA) is 28.2 Å². The predicted octanol–water partition coefficient (Wildman–Crippen LogP) is 3.41. The van der Waals surface area contributed by atoms with E-state index in [0.717, 1.165) is 37.3 Å². The molecule has 1 aromatic carbocycles. The third kappa shape index (κ3) is 2.90. The van der Waals surface area contributed by atoms with Crippen LogP contribution in [-0.2, 0) is 13.0 Å². The normalized spacial score (nSPS) is 14.1. The van der Waals surface area contributed by atoms with Crippen molar-refractivity contribution in [3.63, 3.8) is 0 Å². The minimum absolute atomic E-state index is 0.281. The molecule has 0 saturated carbocycles. The van der Waals surface area contributed by atoms with Gasteiger partial charge < -0.3 is 10.2 Å². The van der Waals surface area contributed by atoms with E-state index in [1.54, 1.807) is 6.07 Å². The molecule has 3 nitrogen and oxygen atoms in total. The SMILES string of the molecule is CCNCc1cc(F)cnc1N1CCCc2ccccc21. The molecule has 0 unspecified atom stereocenters. The number of fused-ring (bicyclic) bond motifs is 1. The zero-order chi connectivity index (χ0) is 14.7. The number of benzene rings is 1. The molecule has 1 aromatic heterocycles. The number of aromatic nitrogens is 1. The summed E-state index contributed by atoms with van der Waals surface area (Å²) in [5, 5.41) is 3.26. The summed E-state index contributed by atoms with van der Waals surface area (Å²) in [4.78, 5) is 6.58. The molecular weight excluding hydrogens is 265 g/mol. The van der Waals surface area contributed by atoms with Crippen molar-refractivity contribution in [2.24, 2.45) is 0 Å². The number of para-hydroxylation sites is 1. The van der Waals surface area contributed by atoms with Gasteiger partial charge in [-0.2, -0.15) is 0 Å². The number of aryl methyl sites for hydroxylation is 1. The van der Waals surface area contributed by atoms with Crippen LogP contribution in [0.1, 0.15) is 24.5 Å². The standard InChI is InChI=1S/C17H20FN3/c1-2-19-11-14-10-15(18)12-20-17(14)21-9-5-7-13-6-3-4-8-16(13)21/h3-4,6,8,10,12,19H,2,5,7,9,11H2,1H3. The second-order valence-corrected chi connectivity index (χ2v) is 5.30. The highest BCUT2D eigenvalue weighted by Crippen LogP contribution is 2.34. The third-order valence-electron chi connectivity index (χ3n) is 3.84. The highest BCUT2D eigenvalue weighted by Gasteiger charge is 2.21. The molecule has 1 N–H and O–H groups in total. The number of hydrogen-bond acceptors (Lipinski definition) is 3. The highest BCUT2D eigenvalue weighted by molar-refractivity contribution is 5.67. The second kappa shape index (κ2) is 6.22. The van der Waals surface area contributed by atoms with E-state index in [9.17, 15) is 4.39 Å². The van der Waals surface area contributed by atoms with E-state index in [0.29, 0.717) is 6.54 Å². The first-order chi connectivity index (χ1) is 10.3. The van der Waals surface area contributed by atoms with Crippen LogP contribution < -0.4 is 10.2 Å². The largest absolute Gasteiger partial charge is 0.326 e. The van der Waals surface area contributed by atoms with Gasteiger partial charge in [0, 0.05) is 24.3 Å². The Labute approximate surface area is 124 Å². The predicted molar refractivity (Wildman–Crippen MR) is 83.3 cm³/mol. The van der Waals surface area contributed by atoms with Crippen LogP contribution in [0, 0.1) is 5.82 Å². The molecule has 0 fully saturated rings. The van der Waals surface area contributed by atoms with E-state index >= 15 is 0 Å². The summed E-state index contributed by atoms with van der Waals surface area (Å²) < 4.78 is 13.5. The molecular formula is C17H20FN3. The number of anilines is 2. The lowest BCUT2D eigenvalue weighted by Crippen LogP contribution is -2.27. The van der Waals surface area contributed by atoms with Gasteiger partial charge in [-0.05, 0) is 37.1 Å². The molecule has 0 amide bonds. The minimum Gasteiger partial charge on any atom is -0.326 e. The van der Waals surface area contributed by atoms with Crippen LogP contribution in [0.2, 0.25) is 0 Å². The summed E-state index contributed by atoms with van der Waals surface area (Å²) in [5.74, 6) is 0.585. The first-order valence-corrected chi connectivity index (χ1v) is 7.50. The Morgan fingerprint density at radius 1 is 1.33 bits per heavy atom. The zero-order valence-electron chi connectivity index (χ0n) is 12.3. The average molecular weight is 285 g/mol. The van der Waals surface area contributed by atoms with Crippen LogP contribution in [0.15, 0.2) is 36.5 Å². The maximum absolute atomic E-state index is 13.5. The first kappa shape index (κ1) is 14.0. The van der Waals surface area contributed by atoms with Crippen molar-refractivity contribution in [1.29, 1.82) is 0 Å². The summed E-state index contributed by atoms with van der Waals surface area (Å²) in [5.41, 5.74) is 3.44. The van der Waals surface area contributed by atoms with Crippen molar-refractivity contribution in [2.45, 2.75) is 26.3 Å². The van der Waals surface area contributed by atoms with E-state index in [-0.39, 0.29) is 5.82 Å². The molecule has 110 valence electrons. The second-order valence-electron chi connectivity index (χ2n) is 5.30. The fourth-order valence-corrected chi connectivity index (χ4v) is 2.86. The van der Waals surface area contributed by atoms with Crippen LogP contribution in [0.3, 0.4) is 0 Å². The van der Waals surface area contributed by atoms with Crippen molar-refractivity contribution < 1.29 is 4.39 Å². The molecule has 0 radical (unpaired) electrons. The van der Waals surface area contributed by atoms with Crippen LogP contribution in [0.25, 0.3) is 0 Å². The quantitative estimate of drug-likeness (QED) is 0.933. The van der Waals surface area contributed by atoms with E-state index in [2.05, 4.69) is 33.4 Å². The first-order valence-electron chi connectivity index (χ1n) is 7.50. The summed E-state index contributed by atoms with van der Waals surface area (Å²) >= 11 is 0. The number of halogens is 1. The maximum Gasteiger partial charge on any atom is 0.141 e. The van der Waals surface area contributed by atoms with Gasteiger partial charge in [0.1, 0.15) is 11.6 Å². The molecule has 2 aromatic rings. The van der Waals surface area contributed by atoms with Gasteiger partial charge in [-0.25, -0.2) is 9.37 Å². The lowest BCUT2D eigenvalue weighted by atomic mass is 10.0. The van der Waals surface area contributed by atoms with E-state index < -0.39 is 0 Å². The van der Waals surface area contributed by atoms with E-state index in [4.69, 9.17) is 0 Å². The van der Waals surface area contributed by atoms with Gasteiger partial charge in [0.2, 0.25) is 0 Å². The zero-order valence-corrected chi connectivity index (χ0v) is 12.3. The molecule has 0 bridgehead atoms. The van der Waals surface area contributed by atoms with Gasteiger partial charge in [0.25, 0.3) is 0 Å². The fourth-order valence-electron chi connectivity index (χ4n) is 2.86. The average Bonchev–Trinajstić information content (AvgIpc) is 2.52. The van der Waals surface area contributed by atoms with Crippen LogP contribution in [0.4, 0.5) is 15.9 Å². The highest BCUT2D eigenvalue weighted by atomic mass is 19.1. The van der Waals surface area contributed by atoms with Crippen molar-refractivity contribution >= 4 is 11.5 Å². The molecule has 2 heterocycles. The lowest BCUT2D eigenvalue weighted by molar-refractivity contribution is 0.613. The van der Waals surface area contributed by atoms with Crippen LogP contribution in [0.5, 0.6) is 0 Å². The number of pyridine rings is 1. The third-order valence-corrected chi connectivity index (χ3v) is 3.84. The Hall–Kier alpha value is -1.94. The summed E-state index contributed by atoms with van der Waals surface area (Å²) in [6.45, 7) is 4.46. The van der Waals surface area contributed by atoms with Crippen molar-refractivity contribution in [2.75, 3.05) is 18.0 Å². The van der Waals surface area contributed by atoms with Gasteiger partial charge in [0.05, 0.1) is 6.20 Å². The van der Waals surface area contributed by atoms with Crippen LogP contribution in [-0.4, -0.2) is 18.1 Å². The van der Waals surface area contributed by atoms with Gasteiger partial charge >= 0.3 is 0 Å². The van der Waals surface area contributed by atoms with Gasteiger partial charge in [0.15, 0.2) is 0 Å². The monoisotopic (exact) mass is 285 g/mol. The molecule has 0 saturated heterocycles. The number of nitrogens with one attached hydrogen (secondary N) is 1. The number of rotatable bonds is 4. The Morgan fingerprint density at radius 2 is 2.19 bits per heavy atom. The Morgan fingerprint density at radius 3 is 3.05 bits per heavy atom. The summed E-state index contributed by atoms with van der Waals surface area (Å²) in [6, 6.07) is 9.98. The Bertz CT molecular complexity index is 627. The fraction of sp³-hybridized carbons (Fsp3) is 0.353. The molecule has 21 heavy (non-hydrogen) atoms. The molecule has 0 aliphatic carbocycles. The minimum atomic E-state index is -0.281. The smallest absolute Gasteiger partial charge is 0.141 e. The molecule has 0 atom stereocenters. The summed E-state index contributed by atoms with van der Waals surface area (Å²) in [6.07, 6.45) is 3.50. The van der Waals surface area contributed by atoms with Crippen molar-refractivity contribution in [3.05, 3.63) is 53.5 Å². The van der Waals surface area contributed by atoms with E-state index in [1.165, 1.54) is 17.4 Å². The van der Waals surface area contributed by atoms with Gasteiger partial charge in [-0.1, -0.05) is 25.1 Å². The Balaban J connectivity index is 2.01. The molecule has 3 rings (SSSR count). The van der Waals surface area contributed by atoms with Crippen molar-refractivity contribution in [1.82, 2.24) is 10.3 Å². The molecule has 1 aliphatic heterocycles. The number of nitrogens with zero attached hydrogens (tertiary/aromatic N) is 2. The lowest BCUT2D eigenvalue weighted by Gasteiger charge is -2.31. The van der Waals surface area contributed by atoms with E-state index in [1.807, 2.05) is 13.0 Å². The van der Waals surface area contributed by atoms with Crippen LogP contribution >= 0.6 is 0 Å². The summed E-state index contributed by atoms with van der Waals surface area (Å²) in [7, 11) is 0. The molecule has 4 heteroatoms. The molecule has 0 spiro atoms. The van der Waals surface area contributed by atoms with Crippen molar-refractivity contribution in [3.8, 4) is 0 Å². The molecule has 1 aliphatic rings. The number of hydrogen-bond donors (Lipinski definition) is 1. The Kier molecular flexibility index (Phi) is 4.15. The maximum atomic E-state index is 13.5. The van der Waals surface area contributed by atoms with Gasteiger partial charge in [-0.15, -0.1) is 0 Å². The van der Waals surface area contributed by atoms with Gasteiger partial charge in [-0.3, -0.25) is 0 Å².